The summed E-state index contributed by atoms with van der Waals surface area (Å²) < 4.78 is 10.7. The fourth-order valence-electron chi connectivity index (χ4n) is 1.91. The molecule has 2 N–H and O–H groups in total. The van der Waals surface area contributed by atoms with E-state index in [1.165, 1.54) is 0 Å². The third kappa shape index (κ3) is 3.48. The summed E-state index contributed by atoms with van der Waals surface area (Å²) in [6.07, 6.45) is 4.45. The van der Waals surface area contributed by atoms with Gasteiger partial charge >= 0.3 is 0 Å². The molecule has 0 bridgehead atoms. The van der Waals surface area contributed by atoms with Crippen LogP contribution in [0.1, 0.15) is 30.5 Å². The topological polar surface area (TPSA) is 57.4 Å². The van der Waals surface area contributed by atoms with Gasteiger partial charge in [-0.2, -0.15) is 0 Å². The monoisotopic (exact) mass is 272 g/mol. The first-order chi connectivity index (χ1) is 9.74. The van der Waals surface area contributed by atoms with Gasteiger partial charge in [0.2, 0.25) is 0 Å². The van der Waals surface area contributed by atoms with Crippen molar-refractivity contribution in [3.8, 4) is 11.5 Å². The molecule has 0 saturated carbocycles. The number of hydrogen-bond acceptors (Lipinski definition) is 4. The number of methoxy groups -OCH3 is 1. The Bertz CT molecular complexity index is 540. The van der Waals surface area contributed by atoms with E-state index in [2.05, 4.69) is 11.9 Å². The summed E-state index contributed by atoms with van der Waals surface area (Å²) in [5, 5.41) is 0. The average molecular weight is 272 g/mol. The van der Waals surface area contributed by atoms with Gasteiger partial charge in [0, 0.05) is 6.20 Å². The van der Waals surface area contributed by atoms with Gasteiger partial charge in [-0.3, -0.25) is 4.98 Å². The molecule has 106 valence electrons. The Kier molecular flexibility index (Phi) is 4.96. The normalized spacial score (nSPS) is 11.9. The van der Waals surface area contributed by atoms with Crippen LogP contribution in [0.25, 0.3) is 0 Å². The molecule has 1 aromatic carbocycles. The van der Waals surface area contributed by atoms with Gasteiger partial charge in [0.15, 0.2) is 0 Å². The minimum Gasteiger partial charge on any atom is -0.497 e. The largest absolute Gasteiger partial charge is 0.497 e. The molecule has 1 atom stereocenters. The molecule has 4 heteroatoms. The molecule has 1 heterocycles. The fourth-order valence-corrected chi connectivity index (χ4v) is 1.91. The molecule has 2 aromatic rings. The summed E-state index contributed by atoms with van der Waals surface area (Å²) in [7, 11) is 1.65. The smallest absolute Gasteiger partial charge is 0.137 e. The van der Waals surface area contributed by atoms with Gasteiger partial charge in [0.1, 0.15) is 11.5 Å². The van der Waals surface area contributed by atoms with Crippen LogP contribution < -0.4 is 15.2 Å². The zero-order valence-corrected chi connectivity index (χ0v) is 11.9. The van der Waals surface area contributed by atoms with Crippen molar-refractivity contribution < 1.29 is 9.47 Å². The van der Waals surface area contributed by atoms with E-state index in [0.717, 1.165) is 29.0 Å². The number of pyridine rings is 1. The van der Waals surface area contributed by atoms with Crippen molar-refractivity contribution in [3.05, 3.63) is 53.9 Å². The first-order valence-corrected chi connectivity index (χ1v) is 6.72. The van der Waals surface area contributed by atoms with Gasteiger partial charge in [0.25, 0.3) is 0 Å². The zero-order valence-electron chi connectivity index (χ0n) is 11.9. The third-order valence-electron chi connectivity index (χ3n) is 3.04. The Balaban J connectivity index is 2.16. The Morgan fingerprint density at radius 1 is 1.10 bits per heavy atom. The van der Waals surface area contributed by atoms with E-state index in [0.29, 0.717) is 6.61 Å². The van der Waals surface area contributed by atoms with Gasteiger partial charge in [-0.25, -0.2) is 0 Å². The van der Waals surface area contributed by atoms with Crippen LogP contribution in [0.15, 0.2) is 42.7 Å². The molecular formula is C16H20N2O2. The molecule has 0 saturated heterocycles. The highest BCUT2D eigenvalue weighted by molar-refractivity contribution is 5.36. The van der Waals surface area contributed by atoms with E-state index in [4.69, 9.17) is 15.2 Å². The van der Waals surface area contributed by atoms with Crippen LogP contribution in [0.5, 0.6) is 11.5 Å². The highest BCUT2D eigenvalue weighted by Gasteiger charge is 2.10. The number of aromatic nitrogens is 1. The average Bonchev–Trinajstić information content (AvgIpc) is 2.52. The summed E-state index contributed by atoms with van der Waals surface area (Å²) in [5.41, 5.74) is 8.22. The molecule has 0 fully saturated rings. The molecular weight excluding hydrogens is 252 g/mol. The highest BCUT2D eigenvalue weighted by Crippen LogP contribution is 2.24. The van der Waals surface area contributed by atoms with Crippen LogP contribution >= 0.6 is 0 Å². The molecule has 0 amide bonds. The van der Waals surface area contributed by atoms with Gasteiger partial charge in [-0.05, 0) is 35.7 Å². The molecule has 0 aliphatic rings. The number of benzene rings is 1. The van der Waals surface area contributed by atoms with Gasteiger partial charge < -0.3 is 15.2 Å². The van der Waals surface area contributed by atoms with Crippen molar-refractivity contribution in [2.75, 3.05) is 13.7 Å². The molecule has 0 aliphatic carbocycles. The lowest BCUT2D eigenvalue weighted by molar-refractivity contribution is 0.315. The van der Waals surface area contributed by atoms with Crippen LogP contribution in [0.4, 0.5) is 0 Å². The maximum absolute atomic E-state index is 6.27. The Labute approximate surface area is 119 Å². The molecule has 4 nitrogen and oxygen atoms in total. The molecule has 0 radical (unpaired) electrons. The maximum atomic E-state index is 6.27. The van der Waals surface area contributed by atoms with E-state index in [1.807, 2.05) is 30.3 Å². The predicted molar refractivity (Wildman–Crippen MR) is 79.0 cm³/mol. The van der Waals surface area contributed by atoms with Gasteiger partial charge in [-0.1, -0.05) is 19.1 Å². The van der Waals surface area contributed by atoms with Crippen LogP contribution in [-0.2, 0) is 0 Å². The fraction of sp³-hybridized carbons (Fsp3) is 0.312. The Morgan fingerprint density at radius 3 is 2.50 bits per heavy atom. The molecule has 20 heavy (non-hydrogen) atoms. The summed E-state index contributed by atoms with van der Waals surface area (Å²) in [4.78, 5) is 4.19. The second-order valence-electron chi connectivity index (χ2n) is 4.55. The summed E-state index contributed by atoms with van der Waals surface area (Å²) in [5.74, 6) is 1.58. The minimum absolute atomic E-state index is 0.224. The standard InChI is InChI=1S/C16H20N2O2/c1-3-8-20-15-9-13(10-18-11-15)16(17)12-4-6-14(19-2)7-5-12/h4-7,9-11,16H,3,8,17H2,1-2H3. The summed E-state index contributed by atoms with van der Waals surface area (Å²) >= 11 is 0. The molecule has 1 unspecified atom stereocenters. The lowest BCUT2D eigenvalue weighted by Gasteiger charge is -2.14. The first kappa shape index (κ1) is 14.3. The Morgan fingerprint density at radius 2 is 1.85 bits per heavy atom. The SMILES string of the molecule is CCCOc1cncc(C(N)c2ccc(OC)cc2)c1. The minimum atomic E-state index is -0.224. The van der Waals surface area contributed by atoms with E-state index in [-0.39, 0.29) is 6.04 Å². The Hall–Kier alpha value is -2.07. The maximum Gasteiger partial charge on any atom is 0.137 e. The van der Waals surface area contributed by atoms with Crippen molar-refractivity contribution in [3.63, 3.8) is 0 Å². The van der Waals surface area contributed by atoms with Crippen molar-refractivity contribution >= 4 is 0 Å². The summed E-state index contributed by atoms with van der Waals surface area (Å²) in [6, 6.07) is 9.45. The third-order valence-corrected chi connectivity index (χ3v) is 3.04. The molecule has 2 rings (SSSR count). The second-order valence-corrected chi connectivity index (χ2v) is 4.55. The number of hydrogen-bond donors (Lipinski definition) is 1. The van der Waals surface area contributed by atoms with Crippen LogP contribution in [0.2, 0.25) is 0 Å². The van der Waals surface area contributed by atoms with E-state index >= 15 is 0 Å². The number of nitrogens with two attached hydrogens (primary N) is 1. The zero-order chi connectivity index (χ0) is 14.4. The molecule has 0 spiro atoms. The van der Waals surface area contributed by atoms with Crippen LogP contribution in [0, 0.1) is 0 Å². The first-order valence-electron chi connectivity index (χ1n) is 6.72. The van der Waals surface area contributed by atoms with E-state index < -0.39 is 0 Å². The highest BCUT2D eigenvalue weighted by atomic mass is 16.5. The van der Waals surface area contributed by atoms with Crippen molar-refractivity contribution in [2.45, 2.75) is 19.4 Å². The van der Waals surface area contributed by atoms with Crippen molar-refractivity contribution in [1.29, 1.82) is 0 Å². The van der Waals surface area contributed by atoms with Crippen LogP contribution in [-0.4, -0.2) is 18.7 Å². The van der Waals surface area contributed by atoms with E-state index in [9.17, 15) is 0 Å². The summed E-state index contributed by atoms with van der Waals surface area (Å²) in [6.45, 7) is 2.75. The van der Waals surface area contributed by atoms with Crippen molar-refractivity contribution in [2.24, 2.45) is 5.73 Å². The van der Waals surface area contributed by atoms with E-state index in [1.54, 1.807) is 19.5 Å². The van der Waals surface area contributed by atoms with Crippen molar-refractivity contribution in [1.82, 2.24) is 4.98 Å². The number of ether oxygens (including phenoxy) is 2. The van der Waals surface area contributed by atoms with Gasteiger partial charge in [-0.15, -0.1) is 0 Å². The lowest BCUT2D eigenvalue weighted by Crippen LogP contribution is -2.12. The number of rotatable bonds is 6. The van der Waals surface area contributed by atoms with Crippen LogP contribution in [0.3, 0.4) is 0 Å². The lowest BCUT2D eigenvalue weighted by atomic mass is 10.0. The molecule has 1 aromatic heterocycles. The number of nitrogens with zero attached hydrogens (tertiary/aromatic N) is 1. The quantitative estimate of drug-likeness (QED) is 0.878. The molecule has 0 aliphatic heterocycles. The van der Waals surface area contributed by atoms with Gasteiger partial charge in [0.05, 0.1) is 26.0 Å². The predicted octanol–water partition coefficient (Wildman–Crippen LogP) is 2.93. The second kappa shape index (κ2) is 6.91.